The molecule has 0 spiro atoms. The minimum Gasteiger partial charge on any atom is -0.397 e. The summed E-state index contributed by atoms with van der Waals surface area (Å²) in [6.07, 6.45) is 1.69. The van der Waals surface area contributed by atoms with Gasteiger partial charge in [0, 0.05) is 20.3 Å². The second-order valence-electron chi connectivity index (χ2n) is 3.72. The van der Waals surface area contributed by atoms with Crippen LogP contribution in [0.15, 0.2) is 12.3 Å². The second kappa shape index (κ2) is 4.19. The Morgan fingerprint density at radius 2 is 2.24 bits per heavy atom. The Hall–Kier alpha value is -1.86. The maximum atomic E-state index is 11.5. The first-order chi connectivity index (χ1) is 8.06. The quantitative estimate of drug-likeness (QED) is 0.411. The number of hydrogen-bond donors (Lipinski definition) is 3. The number of aromatic nitrogens is 1. The number of nitrogen functional groups attached to an aromatic ring is 2. The molecule has 0 aliphatic rings. The Bertz CT molecular complexity index is 577. The van der Waals surface area contributed by atoms with Crippen LogP contribution >= 0.6 is 11.3 Å². The van der Waals surface area contributed by atoms with Crippen LogP contribution in [0, 0.1) is 0 Å². The largest absolute Gasteiger partial charge is 0.397 e. The maximum Gasteiger partial charge on any atom is 0.277 e. The van der Waals surface area contributed by atoms with Crippen LogP contribution in [0.2, 0.25) is 0 Å². The molecule has 2 heterocycles. The van der Waals surface area contributed by atoms with E-state index in [9.17, 15) is 4.79 Å². The highest BCUT2D eigenvalue weighted by Crippen LogP contribution is 2.37. The number of anilines is 2. The zero-order valence-electron chi connectivity index (χ0n) is 9.52. The maximum absolute atomic E-state index is 11.5. The highest BCUT2D eigenvalue weighted by Gasteiger charge is 2.19. The summed E-state index contributed by atoms with van der Waals surface area (Å²) in [5.74, 6) is 4.72. The number of thiophene rings is 1. The van der Waals surface area contributed by atoms with Crippen molar-refractivity contribution in [3.63, 3.8) is 0 Å². The molecule has 0 bridgehead atoms. The molecule has 7 heteroatoms. The third-order valence-corrected chi connectivity index (χ3v) is 3.54. The average molecular weight is 251 g/mol. The van der Waals surface area contributed by atoms with Crippen molar-refractivity contribution in [2.24, 2.45) is 5.84 Å². The molecule has 2 aromatic rings. The van der Waals surface area contributed by atoms with Gasteiger partial charge in [-0.05, 0) is 6.07 Å². The van der Waals surface area contributed by atoms with Gasteiger partial charge < -0.3 is 10.6 Å². The highest BCUT2D eigenvalue weighted by atomic mass is 32.1. The third-order valence-electron chi connectivity index (χ3n) is 2.43. The lowest BCUT2D eigenvalue weighted by Gasteiger charge is -2.13. The van der Waals surface area contributed by atoms with E-state index in [0.717, 1.165) is 15.9 Å². The molecular weight excluding hydrogens is 238 g/mol. The van der Waals surface area contributed by atoms with E-state index in [-0.39, 0.29) is 0 Å². The Labute approximate surface area is 102 Å². The number of carbonyl (C=O) groups is 1. The number of nitrogens with one attached hydrogen (secondary N) is 1. The third kappa shape index (κ3) is 1.79. The van der Waals surface area contributed by atoms with Crippen molar-refractivity contribution in [2.75, 3.05) is 24.7 Å². The number of hydrazine groups is 1. The van der Waals surface area contributed by atoms with E-state index >= 15 is 0 Å². The van der Waals surface area contributed by atoms with Crippen LogP contribution in [0.5, 0.6) is 0 Å². The number of hydrogen-bond acceptors (Lipinski definition) is 6. The summed E-state index contributed by atoms with van der Waals surface area (Å²) in [5, 5.41) is 0.793. The fraction of sp³-hybridized carbons (Fsp3) is 0.200. The van der Waals surface area contributed by atoms with Gasteiger partial charge in [-0.15, -0.1) is 11.3 Å². The van der Waals surface area contributed by atoms with Crippen LogP contribution in [0.4, 0.5) is 11.4 Å². The molecule has 1 amide bonds. The normalized spacial score (nSPS) is 10.5. The predicted octanol–water partition coefficient (Wildman–Crippen LogP) is 0.548. The van der Waals surface area contributed by atoms with Crippen molar-refractivity contribution in [2.45, 2.75) is 0 Å². The van der Waals surface area contributed by atoms with Gasteiger partial charge in [-0.2, -0.15) is 0 Å². The van der Waals surface area contributed by atoms with Gasteiger partial charge in [-0.25, -0.2) is 10.8 Å². The molecule has 17 heavy (non-hydrogen) atoms. The molecule has 0 radical (unpaired) electrons. The first-order valence-corrected chi connectivity index (χ1v) is 5.73. The van der Waals surface area contributed by atoms with E-state index in [2.05, 4.69) is 10.4 Å². The first-order valence-electron chi connectivity index (χ1n) is 4.91. The summed E-state index contributed by atoms with van der Waals surface area (Å²) in [6, 6.07) is 1.86. The molecule has 2 rings (SSSR count). The van der Waals surface area contributed by atoms with Gasteiger partial charge in [0.25, 0.3) is 5.91 Å². The number of nitrogens with two attached hydrogens (primary N) is 2. The molecular formula is C10H13N5OS. The monoisotopic (exact) mass is 251 g/mol. The van der Waals surface area contributed by atoms with E-state index < -0.39 is 5.91 Å². The summed E-state index contributed by atoms with van der Waals surface area (Å²) in [4.78, 5) is 18.8. The Kier molecular flexibility index (Phi) is 2.86. The number of carbonyl (C=O) groups excluding carboxylic acids is 1. The number of rotatable bonds is 2. The number of pyridine rings is 1. The zero-order chi connectivity index (χ0) is 12.6. The second-order valence-corrected chi connectivity index (χ2v) is 4.72. The molecule has 0 aromatic carbocycles. The van der Waals surface area contributed by atoms with E-state index in [1.165, 1.54) is 11.3 Å². The molecule has 0 atom stereocenters. The lowest BCUT2D eigenvalue weighted by molar-refractivity contribution is 0.0958. The van der Waals surface area contributed by atoms with Crippen LogP contribution < -0.4 is 21.9 Å². The van der Waals surface area contributed by atoms with Gasteiger partial charge >= 0.3 is 0 Å². The van der Waals surface area contributed by atoms with Crippen molar-refractivity contribution in [1.82, 2.24) is 10.4 Å². The summed E-state index contributed by atoms with van der Waals surface area (Å²) < 4.78 is 0. The molecule has 6 nitrogen and oxygen atoms in total. The minimum atomic E-state index is -0.393. The topological polar surface area (TPSA) is 97.3 Å². The number of fused-ring (bicyclic) bond motifs is 1. The summed E-state index contributed by atoms with van der Waals surface area (Å²) in [5.41, 5.74) is 9.41. The number of nitrogens with zero attached hydrogens (tertiary/aromatic N) is 2. The fourth-order valence-electron chi connectivity index (χ4n) is 1.64. The molecule has 5 N–H and O–H groups in total. The van der Waals surface area contributed by atoms with Crippen molar-refractivity contribution in [1.29, 1.82) is 0 Å². The molecule has 0 aliphatic heterocycles. The molecule has 0 unspecified atom stereocenters. The fourth-order valence-corrected chi connectivity index (χ4v) is 2.62. The predicted molar refractivity (Wildman–Crippen MR) is 70.0 cm³/mol. The van der Waals surface area contributed by atoms with Gasteiger partial charge in [-0.1, -0.05) is 0 Å². The van der Waals surface area contributed by atoms with Crippen LogP contribution in [-0.2, 0) is 0 Å². The van der Waals surface area contributed by atoms with Gasteiger partial charge in [0.15, 0.2) is 0 Å². The Morgan fingerprint density at radius 3 is 2.82 bits per heavy atom. The zero-order valence-corrected chi connectivity index (χ0v) is 10.3. The summed E-state index contributed by atoms with van der Waals surface area (Å²) >= 11 is 1.23. The molecule has 0 saturated heterocycles. The lowest BCUT2D eigenvalue weighted by Crippen LogP contribution is -2.29. The Morgan fingerprint density at radius 1 is 1.53 bits per heavy atom. The number of amides is 1. The van der Waals surface area contributed by atoms with Gasteiger partial charge in [-0.3, -0.25) is 10.2 Å². The van der Waals surface area contributed by atoms with Crippen LogP contribution in [0.3, 0.4) is 0 Å². The van der Waals surface area contributed by atoms with Crippen LogP contribution in [-0.4, -0.2) is 25.0 Å². The standard InChI is InChI=1S/C10H13N5OS/c1-15(2)5-3-4-13-10-6(5)7(11)8(17-10)9(16)14-12/h3-4H,11-12H2,1-2H3,(H,14,16). The van der Waals surface area contributed by atoms with Gasteiger partial charge in [0.1, 0.15) is 9.71 Å². The average Bonchev–Trinajstić information content (AvgIpc) is 2.66. The van der Waals surface area contributed by atoms with Crippen LogP contribution in [0.1, 0.15) is 9.67 Å². The van der Waals surface area contributed by atoms with Crippen molar-refractivity contribution < 1.29 is 4.79 Å². The van der Waals surface area contributed by atoms with Crippen LogP contribution in [0.25, 0.3) is 10.2 Å². The SMILES string of the molecule is CN(C)c1ccnc2sc(C(=O)NN)c(N)c12. The molecule has 0 aliphatic carbocycles. The molecule has 0 saturated carbocycles. The molecule has 0 fully saturated rings. The van der Waals surface area contributed by atoms with E-state index in [4.69, 9.17) is 11.6 Å². The molecule has 90 valence electrons. The van der Waals surface area contributed by atoms with Gasteiger partial charge in [0.05, 0.1) is 16.8 Å². The van der Waals surface area contributed by atoms with Crippen molar-refractivity contribution in [3.05, 3.63) is 17.1 Å². The van der Waals surface area contributed by atoms with E-state index in [0.29, 0.717) is 10.6 Å². The Balaban J connectivity index is 2.74. The van der Waals surface area contributed by atoms with Crippen molar-refractivity contribution in [3.8, 4) is 0 Å². The van der Waals surface area contributed by atoms with Gasteiger partial charge in [0.2, 0.25) is 0 Å². The highest BCUT2D eigenvalue weighted by molar-refractivity contribution is 7.21. The summed E-state index contributed by atoms with van der Waals surface area (Å²) in [7, 11) is 3.82. The summed E-state index contributed by atoms with van der Waals surface area (Å²) in [6.45, 7) is 0. The molecule has 2 aromatic heterocycles. The van der Waals surface area contributed by atoms with E-state index in [1.807, 2.05) is 25.1 Å². The lowest BCUT2D eigenvalue weighted by atomic mass is 10.2. The first kappa shape index (κ1) is 11.6. The smallest absolute Gasteiger partial charge is 0.277 e. The minimum absolute atomic E-state index is 0.393. The van der Waals surface area contributed by atoms with Crippen molar-refractivity contribution >= 4 is 38.8 Å². The van der Waals surface area contributed by atoms with E-state index in [1.54, 1.807) is 6.20 Å².